The highest BCUT2D eigenvalue weighted by Gasteiger charge is 2.46. The molecular weight excluding hydrogens is 483 g/mol. The van der Waals surface area contributed by atoms with Gasteiger partial charge in [0.1, 0.15) is 42.0 Å². The van der Waals surface area contributed by atoms with Gasteiger partial charge in [-0.2, -0.15) is 0 Å². The second-order valence-electron chi connectivity index (χ2n) is 6.86. The van der Waals surface area contributed by atoms with E-state index in [4.69, 9.17) is 24.8 Å². The first-order valence-electron chi connectivity index (χ1n) is 8.45. The van der Waals surface area contributed by atoms with Crippen LogP contribution < -0.4 is 5.73 Å². The summed E-state index contributed by atoms with van der Waals surface area (Å²) >= 11 is 0. The van der Waals surface area contributed by atoms with Crippen LogP contribution in [0.1, 0.15) is 6.23 Å². The molecule has 1 aliphatic rings. The topological polar surface area (TPSA) is 261 Å². The zero-order valence-electron chi connectivity index (χ0n) is 15.5. The van der Waals surface area contributed by atoms with Crippen LogP contribution in [0.25, 0.3) is 11.2 Å². The zero-order valence-corrected chi connectivity index (χ0v) is 18.2. The lowest BCUT2D eigenvalue weighted by atomic mass is 10.1. The Morgan fingerprint density at radius 2 is 1.74 bits per heavy atom. The van der Waals surface area contributed by atoms with Gasteiger partial charge in [0.05, 0.1) is 12.9 Å². The molecule has 8 N–H and O–H groups in total. The number of aliphatic hydroxyl groups is 2. The molecule has 2 unspecified atom stereocenters. The quantitative estimate of drug-likeness (QED) is 0.204. The number of rotatable bonds is 8. The summed E-state index contributed by atoms with van der Waals surface area (Å²) in [6.45, 7) is -0.776. The van der Waals surface area contributed by atoms with Crippen LogP contribution in [0.5, 0.6) is 0 Å². The summed E-state index contributed by atoms with van der Waals surface area (Å²) in [5.41, 5.74) is 6.10. The van der Waals surface area contributed by atoms with E-state index < -0.39 is 65.5 Å². The first kappa shape index (κ1) is 24.4. The predicted molar refractivity (Wildman–Crippen MR) is 103 cm³/mol. The van der Waals surface area contributed by atoms with Crippen LogP contribution in [0.2, 0.25) is 0 Å². The lowest BCUT2D eigenvalue weighted by Gasteiger charge is -2.20. The number of nitrogens with zero attached hydrogens (tertiary/aromatic N) is 4. The van der Waals surface area contributed by atoms with Gasteiger partial charge in [-0.05, 0) is 0 Å². The lowest BCUT2D eigenvalue weighted by Crippen LogP contribution is -2.33. The molecule has 2 aromatic rings. The first-order valence-corrected chi connectivity index (χ1v) is 14.0. The number of ether oxygens (including phenoxy) is 1. The number of hydrogen-bond acceptors (Lipinski definition) is 11. The summed E-state index contributed by atoms with van der Waals surface area (Å²) in [5.74, 6) is -2.83. The van der Waals surface area contributed by atoms with Gasteiger partial charge in [0.15, 0.2) is 17.7 Å². The van der Waals surface area contributed by atoms with Crippen LogP contribution in [0.4, 0.5) is 5.82 Å². The van der Waals surface area contributed by atoms with E-state index in [2.05, 4.69) is 15.0 Å². The summed E-state index contributed by atoms with van der Waals surface area (Å²) in [7, 11) is -14.4. The Balaban J connectivity index is 1.69. The summed E-state index contributed by atoms with van der Waals surface area (Å²) < 4.78 is 46.3. The van der Waals surface area contributed by atoms with Gasteiger partial charge in [0.25, 0.3) is 0 Å². The maximum atomic E-state index is 12.1. The first-order chi connectivity index (χ1) is 14.2. The summed E-state index contributed by atoms with van der Waals surface area (Å²) in [5, 5.41) is 20.5. The minimum atomic E-state index is -4.92. The number of aliphatic hydroxyl groups excluding tert-OH is 2. The molecule has 0 saturated carbocycles. The number of fused-ring (bicyclic) bond motifs is 1. The van der Waals surface area contributed by atoms with Gasteiger partial charge in [0, 0.05) is 0 Å². The molecule has 174 valence electrons. The molecule has 19 heteroatoms. The normalized spacial score (nSPS) is 28.5. The average molecular weight is 503 g/mol. The fourth-order valence-corrected chi connectivity index (χ4v) is 9.40. The van der Waals surface area contributed by atoms with E-state index in [0.717, 1.165) is 6.33 Å². The van der Waals surface area contributed by atoms with Crippen molar-refractivity contribution in [3.8, 4) is 0 Å². The largest absolute Gasteiger partial charge is 0.387 e. The Morgan fingerprint density at radius 3 is 2.39 bits per heavy atom. The Kier molecular flexibility index (Phi) is 6.74. The molecule has 0 aliphatic carbocycles. The fraction of sp³-hybridized carbons (Fsp3) is 0.583. The molecule has 0 radical (unpaired) electrons. The molecule has 0 amide bonds. The molecule has 3 rings (SSSR count). The van der Waals surface area contributed by atoms with E-state index in [1.165, 1.54) is 10.9 Å². The third-order valence-corrected chi connectivity index (χ3v) is 11.2. The van der Waals surface area contributed by atoms with Crippen molar-refractivity contribution in [1.82, 2.24) is 19.5 Å². The molecule has 0 aromatic carbocycles. The Hall–Kier alpha value is -1.28. The Labute approximate surface area is 173 Å². The van der Waals surface area contributed by atoms with Crippen LogP contribution in [0, 0.1) is 0 Å². The summed E-state index contributed by atoms with van der Waals surface area (Å²) in [4.78, 5) is 48.7. The van der Waals surface area contributed by atoms with Crippen molar-refractivity contribution in [2.24, 2.45) is 0 Å². The molecular formula is C12H20N5O11P3. The van der Waals surface area contributed by atoms with Crippen molar-refractivity contribution in [2.75, 3.05) is 24.1 Å². The summed E-state index contributed by atoms with van der Waals surface area (Å²) in [6.07, 6.45) is -3.28. The molecule has 3 heterocycles. The molecule has 2 aromatic heterocycles. The number of nitrogen functional groups attached to an aromatic ring is 1. The van der Waals surface area contributed by atoms with Crippen molar-refractivity contribution in [2.45, 2.75) is 24.5 Å². The van der Waals surface area contributed by atoms with E-state index in [-0.39, 0.29) is 17.0 Å². The zero-order chi connectivity index (χ0) is 23.2. The third-order valence-electron chi connectivity index (χ3n) is 4.24. The van der Waals surface area contributed by atoms with Crippen LogP contribution in [-0.4, -0.2) is 86.0 Å². The highest BCUT2D eigenvalue weighted by Crippen LogP contribution is 2.63. The average Bonchev–Trinajstić information content (AvgIpc) is 3.13. The Morgan fingerprint density at radius 1 is 1.06 bits per heavy atom. The van der Waals surface area contributed by atoms with E-state index in [1.54, 1.807) is 0 Å². The standard InChI is InChI=1S/C12H20N5O11P3/c13-10-7-11(15-2-14-10)17(3-16-7)12-9(19)8(18)6(28-12)1-27-31(25,26)5-29(20,21)4-30(22,23)24/h2-3,6,8-9,12,18-19H,1,4-5H2,(H,20,21)(H,25,26)(H2,13,14,15)(H2,22,23,24)/t6-,8-,9-,12-/m1/s1. The van der Waals surface area contributed by atoms with Gasteiger partial charge in [-0.15, -0.1) is 0 Å². The van der Waals surface area contributed by atoms with Crippen LogP contribution in [-0.2, 0) is 23.0 Å². The maximum Gasteiger partial charge on any atom is 0.337 e. The molecule has 31 heavy (non-hydrogen) atoms. The number of anilines is 1. The van der Waals surface area contributed by atoms with E-state index in [9.17, 15) is 33.7 Å². The number of nitrogens with two attached hydrogens (primary N) is 1. The van der Waals surface area contributed by atoms with Crippen molar-refractivity contribution in [3.05, 3.63) is 12.7 Å². The van der Waals surface area contributed by atoms with Crippen molar-refractivity contribution in [3.63, 3.8) is 0 Å². The maximum absolute atomic E-state index is 12.1. The molecule has 6 atom stereocenters. The second kappa shape index (κ2) is 8.58. The molecule has 1 aliphatic heterocycles. The summed E-state index contributed by atoms with van der Waals surface area (Å²) in [6, 6.07) is 0. The van der Waals surface area contributed by atoms with Crippen LogP contribution in [0.3, 0.4) is 0 Å². The van der Waals surface area contributed by atoms with Gasteiger partial charge < -0.3 is 44.8 Å². The SMILES string of the molecule is Nc1ncnc2c1ncn2[C@@H]1O[C@H](COP(=O)(O)CP(=O)(O)CP(=O)(O)O)[C@@H](O)[C@H]1O. The van der Waals surface area contributed by atoms with E-state index in [0.29, 0.717) is 0 Å². The van der Waals surface area contributed by atoms with Gasteiger partial charge in [0.2, 0.25) is 7.37 Å². The van der Waals surface area contributed by atoms with Gasteiger partial charge in [-0.1, -0.05) is 0 Å². The van der Waals surface area contributed by atoms with Crippen molar-refractivity contribution < 1.29 is 52.7 Å². The lowest BCUT2D eigenvalue weighted by molar-refractivity contribution is -0.0483. The minimum absolute atomic E-state index is 0.0710. The smallest absolute Gasteiger partial charge is 0.337 e. The molecule has 0 spiro atoms. The van der Waals surface area contributed by atoms with Gasteiger partial charge in [-0.3, -0.25) is 18.3 Å². The Bertz CT molecular complexity index is 1110. The number of hydrogen-bond donors (Lipinski definition) is 7. The number of aromatic nitrogens is 4. The van der Waals surface area contributed by atoms with Crippen LogP contribution >= 0.6 is 22.6 Å². The highest BCUT2D eigenvalue weighted by molar-refractivity contribution is 7.79. The monoisotopic (exact) mass is 503 g/mol. The third kappa shape index (κ3) is 5.75. The van der Waals surface area contributed by atoms with E-state index in [1.807, 2.05) is 0 Å². The van der Waals surface area contributed by atoms with Crippen LogP contribution in [0.15, 0.2) is 12.7 Å². The van der Waals surface area contributed by atoms with Gasteiger partial charge >= 0.3 is 15.2 Å². The number of imidazole rings is 1. The highest BCUT2D eigenvalue weighted by atomic mass is 31.3. The molecule has 1 saturated heterocycles. The van der Waals surface area contributed by atoms with Crippen molar-refractivity contribution >= 4 is 39.5 Å². The molecule has 0 bridgehead atoms. The predicted octanol–water partition coefficient (Wildman–Crippen LogP) is -1.41. The molecule has 1 fully saturated rings. The van der Waals surface area contributed by atoms with Gasteiger partial charge in [-0.25, -0.2) is 15.0 Å². The van der Waals surface area contributed by atoms with E-state index >= 15 is 0 Å². The molecule has 16 nitrogen and oxygen atoms in total. The fourth-order valence-electron chi connectivity index (χ4n) is 3.00. The minimum Gasteiger partial charge on any atom is -0.387 e. The van der Waals surface area contributed by atoms with Crippen molar-refractivity contribution in [1.29, 1.82) is 0 Å². The second-order valence-corrected chi connectivity index (χ2v) is 13.7.